The summed E-state index contributed by atoms with van der Waals surface area (Å²) >= 11 is 7.08. The van der Waals surface area contributed by atoms with Gasteiger partial charge in [0.25, 0.3) is 0 Å². The van der Waals surface area contributed by atoms with Crippen molar-refractivity contribution in [1.82, 2.24) is 0 Å². The molecule has 0 bridgehead atoms. The molecular weight excluding hydrogens is 412 g/mol. The molecule has 32 heavy (non-hydrogen) atoms. The first-order chi connectivity index (χ1) is 15.0. The van der Waals surface area contributed by atoms with Crippen molar-refractivity contribution in [2.24, 2.45) is 0 Å². The van der Waals surface area contributed by atoms with Crippen LogP contribution in [0, 0.1) is 0 Å². The standard InChI is InChI=1S/C29H45ClN2/c1-17(2)23-13-11-14-24(18(3)4)28(23)31-21(9)27(30)22(10)32-29-25(19(5)6)15-12-16-26(29)20(7)8/h11-22,27,31-32H,1-10H3. The molecule has 0 aliphatic heterocycles. The van der Waals surface area contributed by atoms with E-state index in [-0.39, 0.29) is 17.5 Å². The van der Waals surface area contributed by atoms with Gasteiger partial charge in [0.2, 0.25) is 0 Å². The molecule has 3 heteroatoms. The number of halogens is 1. The van der Waals surface area contributed by atoms with Crippen LogP contribution < -0.4 is 10.6 Å². The summed E-state index contributed by atoms with van der Waals surface area (Å²) in [6.07, 6.45) is 0. The van der Waals surface area contributed by atoms with Crippen LogP contribution in [0.5, 0.6) is 0 Å². The van der Waals surface area contributed by atoms with E-state index in [4.69, 9.17) is 11.6 Å². The quantitative estimate of drug-likeness (QED) is 0.348. The molecule has 0 radical (unpaired) electrons. The van der Waals surface area contributed by atoms with Crippen LogP contribution in [0.4, 0.5) is 11.4 Å². The molecule has 2 nitrogen and oxygen atoms in total. The lowest BCUT2D eigenvalue weighted by atomic mass is 9.91. The van der Waals surface area contributed by atoms with Crippen LogP contribution in [0.2, 0.25) is 0 Å². The van der Waals surface area contributed by atoms with Crippen LogP contribution in [0.25, 0.3) is 0 Å². The fraction of sp³-hybridized carbons (Fsp3) is 0.586. The fourth-order valence-electron chi connectivity index (χ4n) is 4.48. The molecule has 0 aliphatic carbocycles. The number of hydrogen-bond donors (Lipinski definition) is 2. The third kappa shape index (κ3) is 6.22. The molecule has 0 heterocycles. The van der Waals surface area contributed by atoms with Crippen LogP contribution in [-0.2, 0) is 0 Å². The van der Waals surface area contributed by atoms with E-state index < -0.39 is 0 Å². The van der Waals surface area contributed by atoms with Gasteiger partial charge in [-0.3, -0.25) is 0 Å². The summed E-state index contributed by atoms with van der Waals surface area (Å²) in [6, 6.07) is 13.6. The Morgan fingerprint density at radius 1 is 0.500 bits per heavy atom. The van der Waals surface area contributed by atoms with Crippen LogP contribution in [0.1, 0.15) is 115 Å². The Labute approximate surface area is 202 Å². The zero-order valence-corrected chi connectivity index (χ0v) is 22.6. The summed E-state index contributed by atoms with van der Waals surface area (Å²) in [6.45, 7) is 22.5. The Bertz CT molecular complexity index is 745. The maximum absolute atomic E-state index is 7.08. The summed E-state index contributed by atoms with van der Waals surface area (Å²) in [7, 11) is 0. The van der Waals surface area contributed by atoms with E-state index in [1.54, 1.807) is 0 Å². The van der Waals surface area contributed by atoms with E-state index in [9.17, 15) is 0 Å². The number of benzene rings is 2. The predicted octanol–water partition coefficient (Wildman–Crippen LogP) is 9.09. The SMILES string of the molecule is CC(C)c1cccc(C(C)C)c1NC(C)C(Cl)C(C)Nc1c(C(C)C)cccc1C(C)C. The topological polar surface area (TPSA) is 24.1 Å². The molecule has 0 aliphatic rings. The number of anilines is 2. The van der Waals surface area contributed by atoms with Gasteiger partial charge in [0.1, 0.15) is 0 Å². The van der Waals surface area contributed by atoms with E-state index in [1.807, 2.05) is 0 Å². The molecular formula is C29H45ClN2. The summed E-state index contributed by atoms with van der Waals surface area (Å²) in [4.78, 5) is 0. The van der Waals surface area contributed by atoms with Gasteiger partial charge in [-0.15, -0.1) is 11.6 Å². The average Bonchev–Trinajstić information content (AvgIpc) is 2.72. The van der Waals surface area contributed by atoms with Gasteiger partial charge in [-0.2, -0.15) is 0 Å². The number of rotatable bonds is 10. The van der Waals surface area contributed by atoms with Crippen LogP contribution >= 0.6 is 11.6 Å². The monoisotopic (exact) mass is 456 g/mol. The third-order valence-electron chi connectivity index (χ3n) is 6.45. The van der Waals surface area contributed by atoms with Crippen molar-refractivity contribution in [2.75, 3.05) is 10.6 Å². The molecule has 2 atom stereocenters. The number of alkyl halides is 1. The van der Waals surface area contributed by atoms with E-state index in [0.29, 0.717) is 23.7 Å². The minimum atomic E-state index is -0.0736. The molecule has 2 rings (SSSR count). The number of nitrogens with one attached hydrogen (secondary N) is 2. The van der Waals surface area contributed by atoms with Gasteiger partial charge in [-0.1, -0.05) is 91.8 Å². The van der Waals surface area contributed by atoms with Crippen molar-refractivity contribution in [3.8, 4) is 0 Å². The maximum Gasteiger partial charge on any atom is 0.0732 e. The van der Waals surface area contributed by atoms with Crippen molar-refractivity contribution in [3.63, 3.8) is 0 Å². The highest BCUT2D eigenvalue weighted by molar-refractivity contribution is 6.22. The summed E-state index contributed by atoms with van der Waals surface area (Å²) in [5, 5.41) is 7.55. The molecule has 2 unspecified atom stereocenters. The Morgan fingerprint density at radius 3 is 0.969 bits per heavy atom. The van der Waals surface area contributed by atoms with E-state index >= 15 is 0 Å². The van der Waals surface area contributed by atoms with Crippen molar-refractivity contribution in [2.45, 2.75) is 110 Å². The summed E-state index contributed by atoms with van der Waals surface area (Å²) < 4.78 is 0. The zero-order valence-electron chi connectivity index (χ0n) is 21.9. The molecule has 0 aromatic heterocycles. The van der Waals surface area contributed by atoms with Crippen LogP contribution in [0.15, 0.2) is 36.4 Å². The largest absolute Gasteiger partial charge is 0.381 e. The lowest BCUT2D eigenvalue weighted by Crippen LogP contribution is -2.39. The molecule has 0 spiro atoms. The van der Waals surface area contributed by atoms with Gasteiger partial charge in [0.05, 0.1) is 5.38 Å². The molecule has 0 saturated heterocycles. The maximum atomic E-state index is 7.08. The highest BCUT2D eigenvalue weighted by Crippen LogP contribution is 2.35. The average molecular weight is 457 g/mol. The predicted molar refractivity (Wildman–Crippen MR) is 145 cm³/mol. The first kappa shape index (κ1) is 26.6. The van der Waals surface area contributed by atoms with Gasteiger partial charge < -0.3 is 10.6 Å². The molecule has 0 amide bonds. The molecule has 2 N–H and O–H groups in total. The molecule has 2 aromatic rings. The lowest BCUT2D eigenvalue weighted by Gasteiger charge is -2.32. The zero-order chi connectivity index (χ0) is 24.2. The second-order valence-corrected chi connectivity index (χ2v) is 11.1. The number of para-hydroxylation sites is 2. The molecule has 0 fully saturated rings. The van der Waals surface area contributed by atoms with Gasteiger partial charge in [0, 0.05) is 23.5 Å². The first-order valence-electron chi connectivity index (χ1n) is 12.4. The summed E-state index contributed by atoms with van der Waals surface area (Å²) in [5.41, 5.74) is 7.96. The van der Waals surface area contributed by atoms with Gasteiger partial charge >= 0.3 is 0 Å². The molecule has 178 valence electrons. The van der Waals surface area contributed by atoms with Crippen molar-refractivity contribution in [3.05, 3.63) is 58.7 Å². The first-order valence-corrected chi connectivity index (χ1v) is 12.8. The van der Waals surface area contributed by atoms with Crippen LogP contribution in [-0.4, -0.2) is 17.5 Å². The molecule has 2 aromatic carbocycles. The van der Waals surface area contributed by atoms with E-state index in [2.05, 4.69) is 116 Å². The fourth-order valence-corrected chi connectivity index (χ4v) is 4.61. The minimum absolute atomic E-state index is 0.0736. The Hall–Kier alpha value is -1.67. The Balaban J connectivity index is 2.30. The molecule has 0 saturated carbocycles. The van der Waals surface area contributed by atoms with Crippen molar-refractivity contribution in [1.29, 1.82) is 0 Å². The second-order valence-electron chi connectivity index (χ2n) is 10.6. The van der Waals surface area contributed by atoms with E-state index in [1.165, 1.54) is 33.6 Å². The van der Waals surface area contributed by atoms with Crippen LogP contribution in [0.3, 0.4) is 0 Å². The van der Waals surface area contributed by atoms with Gasteiger partial charge in [-0.25, -0.2) is 0 Å². The number of hydrogen-bond acceptors (Lipinski definition) is 2. The Kier molecular flexibility index (Phi) is 9.52. The van der Waals surface area contributed by atoms with Crippen molar-refractivity contribution < 1.29 is 0 Å². The highest BCUT2D eigenvalue weighted by atomic mass is 35.5. The lowest BCUT2D eigenvalue weighted by molar-refractivity contribution is 0.637. The van der Waals surface area contributed by atoms with Crippen molar-refractivity contribution >= 4 is 23.0 Å². The van der Waals surface area contributed by atoms with Gasteiger partial charge in [0.15, 0.2) is 0 Å². The second kappa shape index (κ2) is 11.5. The van der Waals surface area contributed by atoms with E-state index in [0.717, 1.165) is 0 Å². The normalized spacial score (nSPS) is 14.8. The Morgan fingerprint density at radius 2 is 0.750 bits per heavy atom. The minimum Gasteiger partial charge on any atom is -0.381 e. The summed E-state index contributed by atoms with van der Waals surface area (Å²) in [5.74, 6) is 1.83. The van der Waals surface area contributed by atoms with Gasteiger partial charge in [-0.05, 0) is 59.8 Å². The highest BCUT2D eigenvalue weighted by Gasteiger charge is 2.25. The third-order valence-corrected chi connectivity index (χ3v) is 7.20. The smallest absolute Gasteiger partial charge is 0.0732 e.